The smallest absolute Gasteiger partial charge is 0.230 e. The maximum Gasteiger partial charge on any atom is 0.230 e. The average Bonchev–Trinajstić information content (AvgIpc) is 2.96. The zero-order valence-electron chi connectivity index (χ0n) is 10.5. The summed E-state index contributed by atoms with van der Waals surface area (Å²) in [5, 5.41) is 9.29. The number of hydrogen-bond acceptors (Lipinski definition) is 4. The van der Waals surface area contributed by atoms with E-state index in [1.54, 1.807) is 22.9 Å². The summed E-state index contributed by atoms with van der Waals surface area (Å²) in [5.41, 5.74) is 8.40. The number of nitrogens with zero attached hydrogens (tertiary/aromatic N) is 3. The van der Waals surface area contributed by atoms with Crippen LogP contribution < -0.4 is 5.73 Å². The number of nitrogens with two attached hydrogens (primary N) is 1. The van der Waals surface area contributed by atoms with Crippen molar-refractivity contribution in [1.29, 1.82) is 0 Å². The Labute approximate surface area is 124 Å². The van der Waals surface area contributed by atoms with Crippen LogP contribution in [0.4, 0.5) is 5.88 Å². The molecule has 0 unspecified atom stereocenters. The highest BCUT2D eigenvalue weighted by Gasteiger charge is 2.21. The molecule has 0 aliphatic heterocycles. The molecule has 2 N–H and O–H groups in total. The van der Waals surface area contributed by atoms with Crippen LogP contribution in [0.1, 0.15) is 0 Å². The highest BCUT2D eigenvalue weighted by molar-refractivity contribution is 6.36. The van der Waals surface area contributed by atoms with Gasteiger partial charge in [0.15, 0.2) is 0 Å². The van der Waals surface area contributed by atoms with Crippen LogP contribution in [0.15, 0.2) is 35.0 Å². The van der Waals surface area contributed by atoms with Gasteiger partial charge in [-0.2, -0.15) is 5.10 Å². The van der Waals surface area contributed by atoms with Gasteiger partial charge in [-0.05, 0) is 18.2 Å². The lowest BCUT2D eigenvalue weighted by atomic mass is 10.0. The number of aromatic nitrogens is 3. The van der Waals surface area contributed by atoms with Crippen molar-refractivity contribution < 1.29 is 4.52 Å². The second-order valence-corrected chi connectivity index (χ2v) is 5.11. The van der Waals surface area contributed by atoms with Crippen LogP contribution in [0, 0.1) is 0 Å². The van der Waals surface area contributed by atoms with Gasteiger partial charge in [0.1, 0.15) is 11.4 Å². The van der Waals surface area contributed by atoms with E-state index in [1.165, 1.54) is 0 Å². The Bertz CT molecular complexity index is 779. The molecule has 0 saturated carbocycles. The number of benzene rings is 1. The molecule has 0 aliphatic rings. The first kappa shape index (κ1) is 13.0. The molecule has 102 valence electrons. The molecule has 3 aromatic rings. The summed E-state index contributed by atoms with van der Waals surface area (Å²) in [6.07, 6.45) is 1.81. The Morgan fingerprint density at radius 2 is 2.05 bits per heavy atom. The summed E-state index contributed by atoms with van der Waals surface area (Å²) in [4.78, 5) is 0. The molecule has 0 fully saturated rings. The summed E-state index contributed by atoms with van der Waals surface area (Å²) < 4.78 is 6.76. The van der Waals surface area contributed by atoms with Crippen LogP contribution in [0.3, 0.4) is 0 Å². The predicted molar refractivity (Wildman–Crippen MR) is 78.6 cm³/mol. The van der Waals surface area contributed by atoms with E-state index in [0.29, 0.717) is 32.6 Å². The fourth-order valence-corrected chi connectivity index (χ4v) is 2.47. The molecular formula is C13H10Cl2N4O. The van der Waals surface area contributed by atoms with Crippen LogP contribution in [0.25, 0.3) is 22.5 Å². The van der Waals surface area contributed by atoms with Crippen molar-refractivity contribution in [2.75, 3.05) is 5.73 Å². The second-order valence-electron chi connectivity index (χ2n) is 4.27. The van der Waals surface area contributed by atoms with Gasteiger partial charge in [-0.3, -0.25) is 4.68 Å². The minimum absolute atomic E-state index is 0.190. The van der Waals surface area contributed by atoms with Crippen molar-refractivity contribution in [3.8, 4) is 22.5 Å². The van der Waals surface area contributed by atoms with E-state index in [-0.39, 0.29) is 5.88 Å². The Hall–Kier alpha value is -1.98. The lowest BCUT2D eigenvalue weighted by molar-refractivity contribution is 0.439. The van der Waals surface area contributed by atoms with Gasteiger partial charge < -0.3 is 10.3 Å². The van der Waals surface area contributed by atoms with Crippen LogP contribution in [-0.2, 0) is 7.05 Å². The van der Waals surface area contributed by atoms with E-state index in [4.69, 9.17) is 33.5 Å². The van der Waals surface area contributed by atoms with Gasteiger partial charge in [0, 0.05) is 23.8 Å². The van der Waals surface area contributed by atoms with Crippen LogP contribution in [0.2, 0.25) is 10.0 Å². The van der Waals surface area contributed by atoms with E-state index in [0.717, 1.165) is 0 Å². The molecule has 0 bridgehead atoms. The van der Waals surface area contributed by atoms with Gasteiger partial charge in [0.05, 0.1) is 10.6 Å². The zero-order chi connectivity index (χ0) is 14.3. The summed E-state index contributed by atoms with van der Waals surface area (Å²) in [6.45, 7) is 0. The first-order chi connectivity index (χ1) is 9.56. The summed E-state index contributed by atoms with van der Waals surface area (Å²) in [5.74, 6) is 0.190. The fourth-order valence-electron chi connectivity index (χ4n) is 1.97. The molecule has 3 rings (SSSR count). The molecule has 5 nitrogen and oxygen atoms in total. The molecule has 2 aromatic heterocycles. The third kappa shape index (κ3) is 2.15. The highest BCUT2D eigenvalue weighted by atomic mass is 35.5. The lowest BCUT2D eigenvalue weighted by Crippen LogP contribution is -1.91. The van der Waals surface area contributed by atoms with Gasteiger partial charge in [-0.15, -0.1) is 0 Å². The zero-order valence-corrected chi connectivity index (χ0v) is 12.0. The number of nitrogen functional groups attached to an aromatic ring is 1. The molecule has 0 aliphatic carbocycles. The Balaban J connectivity index is 2.21. The first-order valence-corrected chi connectivity index (χ1v) is 6.52. The van der Waals surface area contributed by atoms with Gasteiger partial charge >= 0.3 is 0 Å². The molecule has 0 atom stereocenters. The predicted octanol–water partition coefficient (Wildman–Crippen LogP) is 3.63. The van der Waals surface area contributed by atoms with Gasteiger partial charge in [0.2, 0.25) is 5.88 Å². The monoisotopic (exact) mass is 308 g/mol. The van der Waals surface area contributed by atoms with Gasteiger partial charge in [-0.25, -0.2) is 0 Å². The minimum atomic E-state index is 0.190. The summed E-state index contributed by atoms with van der Waals surface area (Å²) in [6, 6.07) is 6.98. The van der Waals surface area contributed by atoms with E-state index >= 15 is 0 Å². The van der Waals surface area contributed by atoms with Gasteiger partial charge in [-0.1, -0.05) is 34.4 Å². The third-order valence-electron chi connectivity index (χ3n) is 2.88. The quantitative estimate of drug-likeness (QED) is 0.784. The number of rotatable bonds is 2. The number of halogens is 2. The third-order valence-corrected chi connectivity index (χ3v) is 3.42. The maximum atomic E-state index is 6.22. The van der Waals surface area contributed by atoms with E-state index < -0.39 is 0 Å². The largest absolute Gasteiger partial charge is 0.367 e. The second kappa shape index (κ2) is 4.85. The van der Waals surface area contributed by atoms with E-state index in [2.05, 4.69) is 10.3 Å². The minimum Gasteiger partial charge on any atom is -0.367 e. The van der Waals surface area contributed by atoms with Crippen molar-refractivity contribution >= 4 is 29.1 Å². The summed E-state index contributed by atoms with van der Waals surface area (Å²) >= 11 is 12.1. The van der Waals surface area contributed by atoms with Crippen molar-refractivity contribution in [2.24, 2.45) is 7.05 Å². The van der Waals surface area contributed by atoms with Crippen molar-refractivity contribution in [3.05, 3.63) is 40.5 Å². The number of anilines is 1. The molecule has 0 amide bonds. The molecular weight excluding hydrogens is 299 g/mol. The number of aryl methyl sites for hydroxylation is 1. The highest BCUT2D eigenvalue weighted by Crippen LogP contribution is 2.39. The fraction of sp³-hybridized carbons (Fsp3) is 0.0769. The molecule has 0 radical (unpaired) electrons. The standard InChI is InChI=1S/C13H10Cl2N4O/c1-19-5-4-10(17-19)12-11(13(16)20-18-12)8-3-2-7(14)6-9(8)15/h2-6H,16H2,1H3. The van der Waals surface area contributed by atoms with Gasteiger partial charge in [0.25, 0.3) is 0 Å². The Morgan fingerprint density at radius 3 is 2.70 bits per heavy atom. The molecule has 20 heavy (non-hydrogen) atoms. The molecule has 7 heteroatoms. The molecule has 0 spiro atoms. The summed E-state index contributed by atoms with van der Waals surface area (Å²) in [7, 11) is 1.82. The van der Waals surface area contributed by atoms with Crippen molar-refractivity contribution in [1.82, 2.24) is 14.9 Å². The Morgan fingerprint density at radius 1 is 1.25 bits per heavy atom. The van der Waals surface area contributed by atoms with E-state index in [9.17, 15) is 0 Å². The number of hydrogen-bond donors (Lipinski definition) is 1. The molecule has 0 saturated heterocycles. The first-order valence-electron chi connectivity index (χ1n) is 5.77. The lowest BCUT2D eigenvalue weighted by Gasteiger charge is -2.04. The van der Waals surface area contributed by atoms with Crippen LogP contribution >= 0.6 is 23.2 Å². The van der Waals surface area contributed by atoms with E-state index in [1.807, 2.05) is 19.3 Å². The SMILES string of the molecule is Cn1ccc(-c2noc(N)c2-c2ccc(Cl)cc2Cl)n1. The normalized spacial score (nSPS) is 10.9. The van der Waals surface area contributed by atoms with Crippen molar-refractivity contribution in [2.45, 2.75) is 0 Å². The van der Waals surface area contributed by atoms with Crippen molar-refractivity contribution in [3.63, 3.8) is 0 Å². The maximum absolute atomic E-state index is 6.22. The van der Waals surface area contributed by atoms with Crippen LogP contribution in [-0.4, -0.2) is 14.9 Å². The Kier molecular flexibility index (Phi) is 3.16. The molecule has 1 aromatic carbocycles. The van der Waals surface area contributed by atoms with Crippen LogP contribution in [0.5, 0.6) is 0 Å². The topological polar surface area (TPSA) is 69.9 Å². The molecule has 2 heterocycles. The average molecular weight is 309 g/mol.